The van der Waals surface area contributed by atoms with E-state index in [9.17, 15) is 9.90 Å². The van der Waals surface area contributed by atoms with E-state index < -0.39 is 10.7 Å². The van der Waals surface area contributed by atoms with Gasteiger partial charge in [0.1, 0.15) is 4.75 Å². The van der Waals surface area contributed by atoms with Gasteiger partial charge >= 0.3 is 5.97 Å². The number of rotatable bonds is 4. The zero-order valence-corrected chi connectivity index (χ0v) is 11.1. The van der Waals surface area contributed by atoms with Gasteiger partial charge in [-0.25, -0.2) is 0 Å². The molecule has 0 saturated heterocycles. The van der Waals surface area contributed by atoms with E-state index in [-0.39, 0.29) is 0 Å². The summed E-state index contributed by atoms with van der Waals surface area (Å²) < 4.78 is -0.512. The molecule has 0 bridgehead atoms. The quantitative estimate of drug-likeness (QED) is 0.819. The minimum Gasteiger partial charge on any atom is -0.480 e. The maximum Gasteiger partial charge on any atom is 0.319 e. The van der Waals surface area contributed by atoms with Crippen LogP contribution in [0.4, 0.5) is 0 Å². The fourth-order valence-electron chi connectivity index (χ4n) is 2.79. The molecule has 3 atom stereocenters. The first-order chi connectivity index (χ1) is 7.52. The fourth-order valence-corrected chi connectivity index (χ4v) is 4.72. The van der Waals surface area contributed by atoms with Crippen LogP contribution in [0.5, 0.6) is 0 Å². The molecule has 0 aliphatic heterocycles. The van der Waals surface area contributed by atoms with Crippen LogP contribution in [0, 0.1) is 11.8 Å². The lowest BCUT2D eigenvalue weighted by Crippen LogP contribution is -2.37. The average molecular weight is 242 g/mol. The lowest BCUT2D eigenvalue weighted by atomic mass is 9.90. The number of carboxylic acid groups (broad SMARTS) is 1. The Morgan fingerprint density at radius 2 is 2.00 bits per heavy atom. The van der Waals surface area contributed by atoms with Crippen molar-refractivity contribution in [3.8, 4) is 0 Å². The number of carboxylic acids is 1. The molecule has 0 amide bonds. The molecule has 16 heavy (non-hydrogen) atoms. The summed E-state index contributed by atoms with van der Waals surface area (Å²) in [5, 5.41) is 9.99. The van der Waals surface area contributed by atoms with Gasteiger partial charge in [-0.1, -0.05) is 19.8 Å². The van der Waals surface area contributed by atoms with Crippen LogP contribution in [-0.4, -0.2) is 21.1 Å². The second kappa shape index (κ2) is 4.59. The lowest BCUT2D eigenvalue weighted by molar-refractivity contribution is -0.140. The van der Waals surface area contributed by atoms with Gasteiger partial charge in [-0.05, 0) is 44.4 Å². The largest absolute Gasteiger partial charge is 0.480 e. The van der Waals surface area contributed by atoms with Crippen LogP contribution in [0.25, 0.3) is 0 Å². The predicted octanol–water partition coefficient (Wildman–Crippen LogP) is 3.55. The molecular weight excluding hydrogens is 220 g/mol. The van der Waals surface area contributed by atoms with Gasteiger partial charge in [-0.15, -0.1) is 11.8 Å². The van der Waals surface area contributed by atoms with Crippen molar-refractivity contribution < 1.29 is 9.90 Å². The summed E-state index contributed by atoms with van der Waals surface area (Å²) in [4.78, 5) is 11.4. The summed E-state index contributed by atoms with van der Waals surface area (Å²) in [7, 11) is 0. The molecule has 0 aromatic heterocycles. The highest BCUT2D eigenvalue weighted by molar-refractivity contribution is 8.02. The smallest absolute Gasteiger partial charge is 0.319 e. The normalized spacial score (nSPS) is 34.4. The molecule has 92 valence electrons. The van der Waals surface area contributed by atoms with Crippen LogP contribution in [0.2, 0.25) is 0 Å². The van der Waals surface area contributed by atoms with Crippen LogP contribution >= 0.6 is 11.8 Å². The van der Waals surface area contributed by atoms with Crippen molar-refractivity contribution in [3.63, 3.8) is 0 Å². The molecule has 0 aromatic rings. The molecule has 0 spiro atoms. The minimum atomic E-state index is -0.599. The highest BCUT2D eigenvalue weighted by atomic mass is 32.2. The Kier molecular flexibility index (Phi) is 3.53. The van der Waals surface area contributed by atoms with Gasteiger partial charge < -0.3 is 5.11 Å². The molecule has 0 radical (unpaired) electrons. The maximum absolute atomic E-state index is 11.4. The van der Waals surface area contributed by atoms with E-state index >= 15 is 0 Å². The number of thioether (sulfide) groups is 1. The molecule has 3 heteroatoms. The Balaban J connectivity index is 1.97. The van der Waals surface area contributed by atoms with Crippen LogP contribution in [0.15, 0.2) is 0 Å². The second-order valence-electron chi connectivity index (χ2n) is 5.70. The third kappa shape index (κ3) is 2.55. The predicted molar refractivity (Wildman–Crippen MR) is 67.8 cm³/mol. The summed E-state index contributed by atoms with van der Waals surface area (Å²) >= 11 is 1.75. The first kappa shape index (κ1) is 12.3. The van der Waals surface area contributed by atoms with Gasteiger partial charge in [0.25, 0.3) is 0 Å². The summed E-state index contributed by atoms with van der Waals surface area (Å²) in [6.07, 6.45) is 7.24. The van der Waals surface area contributed by atoms with Gasteiger partial charge in [0, 0.05) is 5.25 Å². The molecule has 1 N–H and O–H groups in total. The van der Waals surface area contributed by atoms with Crippen molar-refractivity contribution in [1.29, 1.82) is 0 Å². The topological polar surface area (TPSA) is 37.3 Å². The highest BCUT2D eigenvalue weighted by Gasteiger charge is 2.49. The van der Waals surface area contributed by atoms with Crippen LogP contribution < -0.4 is 0 Å². The first-order valence-corrected chi connectivity index (χ1v) is 7.31. The van der Waals surface area contributed by atoms with E-state index in [1.165, 1.54) is 25.7 Å². The van der Waals surface area contributed by atoms with Crippen molar-refractivity contribution in [3.05, 3.63) is 0 Å². The van der Waals surface area contributed by atoms with Gasteiger partial charge in [-0.2, -0.15) is 0 Å². The molecular formula is C13H22O2S. The molecule has 2 rings (SSSR count). The zero-order chi connectivity index (χ0) is 11.8. The van der Waals surface area contributed by atoms with Crippen molar-refractivity contribution in [2.24, 2.45) is 11.8 Å². The van der Waals surface area contributed by atoms with Crippen LogP contribution in [0.3, 0.4) is 0 Å². The standard InChI is InChI=1S/C13H22O2S/c1-9-4-3-5-11(8-9)16-13(2,12(14)15)10-6-7-10/h9-11H,3-8H2,1-2H3,(H,14,15). The van der Waals surface area contributed by atoms with Gasteiger partial charge in [0.15, 0.2) is 0 Å². The summed E-state index contributed by atoms with van der Waals surface area (Å²) in [5.74, 6) is 0.606. The van der Waals surface area contributed by atoms with Crippen molar-refractivity contribution >= 4 is 17.7 Å². The Bertz CT molecular complexity index is 275. The summed E-state index contributed by atoms with van der Waals surface area (Å²) in [6.45, 7) is 4.24. The monoisotopic (exact) mass is 242 g/mol. The number of hydrogen-bond donors (Lipinski definition) is 1. The molecule has 0 aromatic carbocycles. The minimum absolute atomic E-state index is 0.423. The van der Waals surface area contributed by atoms with E-state index in [0.717, 1.165) is 18.8 Å². The maximum atomic E-state index is 11.4. The summed E-state index contributed by atoms with van der Waals surface area (Å²) in [6, 6.07) is 0. The van der Waals surface area contributed by atoms with Crippen molar-refractivity contribution in [1.82, 2.24) is 0 Å². The Morgan fingerprint density at radius 3 is 2.50 bits per heavy atom. The average Bonchev–Trinajstić information content (AvgIpc) is 3.00. The Labute approximate surface area is 102 Å². The SMILES string of the molecule is CC1CCCC(SC(C)(C(=O)O)C2CC2)C1. The van der Waals surface area contributed by atoms with E-state index in [4.69, 9.17) is 0 Å². The Morgan fingerprint density at radius 1 is 1.31 bits per heavy atom. The molecule has 2 fully saturated rings. The molecule has 3 unspecified atom stereocenters. The zero-order valence-electron chi connectivity index (χ0n) is 10.2. The number of hydrogen-bond acceptors (Lipinski definition) is 2. The van der Waals surface area contributed by atoms with Crippen LogP contribution in [0.1, 0.15) is 52.4 Å². The van der Waals surface area contributed by atoms with Gasteiger partial charge in [-0.3, -0.25) is 4.79 Å². The third-order valence-electron chi connectivity index (χ3n) is 4.08. The number of aliphatic carboxylic acids is 1. The van der Waals surface area contributed by atoms with E-state index in [2.05, 4.69) is 6.92 Å². The fraction of sp³-hybridized carbons (Fsp3) is 0.923. The number of carbonyl (C=O) groups is 1. The summed E-state index contributed by atoms with van der Waals surface area (Å²) in [5.41, 5.74) is 0. The van der Waals surface area contributed by atoms with Gasteiger partial charge in [0.2, 0.25) is 0 Å². The lowest BCUT2D eigenvalue weighted by Gasteiger charge is -2.33. The molecule has 2 aliphatic carbocycles. The van der Waals surface area contributed by atoms with Crippen molar-refractivity contribution in [2.75, 3.05) is 0 Å². The highest BCUT2D eigenvalue weighted by Crippen LogP contribution is 2.51. The van der Waals surface area contributed by atoms with Crippen molar-refractivity contribution in [2.45, 2.75) is 62.4 Å². The molecule has 2 saturated carbocycles. The van der Waals surface area contributed by atoms with Gasteiger partial charge in [0.05, 0.1) is 0 Å². The van der Waals surface area contributed by atoms with Crippen LogP contribution in [-0.2, 0) is 4.79 Å². The molecule has 2 nitrogen and oxygen atoms in total. The molecule has 0 heterocycles. The van der Waals surface area contributed by atoms with E-state index in [1.54, 1.807) is 11.8 Å². The van der Waals surface area contributed by atoms with E-state index in [1.807, 2.05) is 6.92 Å². The first-order valence-electron chi connectivity index (χ1n) is 6.43. The van der Waals surface area contributed by atoms with E-state index in [0.29, 0.717) is 11.2 Å². The third-order valence-corrected chi connectivity index (χ3v) is 5.84. The molecule has 2 aliphatic rings. The Hall–Kier alpha value is -0.180. The second-order valence-corrected chi connectivity index (χ2v) is 7.45.